The molecule has 0 aliphatic carbocycles. The number of benzene rings is 2. The van der Waals surface area contributed by atoms with E-state index in [2.05, 4.69) is 44.3 Å². The van der Waals surface area contributed by atoms with Gasteiger partial charge in [0.1, 0.15) is 0 Å². The molecule has 0 saturated carbocycles. The second-order valence-electron chi connectivity index (χ2n) is 5.38. The molecule has 2 atom stereocenters. The Kier molecular flexibility index (Phi) is 4.94. The lowest BCUT2D eigenvalue weighted by molar-refractivity contribution is 0.235. The molecule has 2 nitrogen and oxygen atoms in total. The number of aliphatic hydroxyl groups excluding tert-OH is 1. The topological polar surface area (TPSA) is 32.3 Å². The summed E-state index contributed by atoms with van der Waals surface area (Å²) in [5.74, 6) is 0. The quantitative estimate of drug-likeness (QED) is 0.867. The summed E-state index contributed by atoms with van der Waals surface area (Å²) in [5, 5.41) is 13.1. The maximum absolute atomic E-state index is 9.61. The SMILES string of the molecule is Cc1ccc(C(C)NC(CO)c2ccccc2)cc1C. The second kappa shape index (κ2) is 6.69. The van der Waals surface area contributed by atoms with Crippen LogP contribution in [0.3, 0.4) is 0 Å². The molecule has 2 aromatic carbocycles. The molecule has 0 aliphatic rings. The minimum atomic E-state index is -0.0344. The molecule has 106 valence electrons. The van der Waals surface area contributed by atoms with Crippen LogP contribution in [0.5, 0.6) is 0 Å². The van der Waals surface area contributed by atoms with Gasteiger partial charge in [-0.25, -0.2) is 0 Å². The van der Waals surface area contributed by atoms with E-state index >= 15 is 0 Å². The molecule has 0 fully saturated rings. The maximum atomic E-state index is 9.61. The van der Waals surface area contributed by atoms with Gasteiger partial charge in [-0.15, -0.1) is 0 Å². The molecule has 2 rings (SSSR count). The van der Waals surface area contributed by atoms with Gasteiger partial charge in [-0.05, 0) is 43.0 Å². The highest BCUT2D eigenvalue weighted by molar-refractivity contribution is 5.31. The molecule has 0 heterocycles. The van der Waals surface area contributed by atoms with Crippen molar-refractivity contribution in [3.05, 3.63) is 70.8 Å². The van der Waals surface area contributed by atoms with Gasteiger partial charge in [-0.2, -0.15) is 0 Å². The molecule has 0 spiro atoms. The van der Waals surface area contributed by atoms with Crippen LogP contribution in [0.4, 0.5) is 0 Å². The van der Waals surface area contributed by atoms with Crippen LogP contribution in [0.2, 0.25) is 0 Å². The Morgan fingerprint density at radius 3 is 2.25 bits per heavy atom. The standard InChI is InChI=1S/C18H23NO/c1-13-9-10-17(11-14(13)2)15(3)19-18(12-20)16-7-5-4-6-8-16/h4-11,15,18-20H,12H2,1-3H3. The van der Waals surface area contributed by atoms with E-state index in [1.54, 1.807) is 0 Å². The zero-order valence-corrected chi connectivity index (χ0v) is 12.4. The van der Waals surface area contributed by atoms with Gasteiger partial charge in [-0.3, -0.25) is 0 Å². The molecular formula is C18H23NO. The van der Waals surface area contributed by atoms with Crippen LogP contribution in [0.25, 0.3) is 0 Å². The number of aryl methyl sites for hydroxylation is 2. The van der Waals surface area contributed by atoms with Gasteiger partial charge in [0.25, 0.3) is 0 Å². The highest BCUT2D eigenvalue weighted by Crippen LogP contribution is 2.21. The molecule has 2 unspecified atom stereocenters. The minimum Gasteiger partial charge on any atom is -0.394 e. The molecule has 0 amide bonds. The predicted octanol–water partition coefficient (Wildman–Crippen LogP) is 3.69. The van der Waals surface area contributed by atoms with Gasteiger partial charge in [-0.1, -0.05) is 48.5 Å². The zero-order valence-electron chi connectivity index (χ0n) is 12.4. The minimum absolute atomic E-state index is 0.0344. The van der Waals surface area contributed by atoms with Crippen molar-refractivity contribution >= 4 is 0 Å². The fraction of sp³-hybridized carbons (Fsp3) is 0.333. The summed E-state index contributed by atoms with van der Waals surface area (Å²) in [6.45, 7) is 6.49. The lowest BCUT2D eigenvalue weighted by Gasteiger charge is -2.23. The van der Waals surface area contributed by atoms with Crippen LogP contribution in [-0.4, -0.2) is 11.7 Å². The normalized spacial score (nSPS) is 14.0. The molecule has 0 saturated heterocycles. The number of aliphatic hydroxyl groups is 1. The van der Waals surface area contributed by atoms with Gasteiger partial charge >= 0.3 is 0 Å². The van der Waals surface area contributed by atoms with Crippen molar-refractivity contribution in [2.24, 2.45) is 0 Å². The number of rotatable bonds is 5. The predicted molar refractivity (Wildman–Crippen MR) is 83.7 cm³/mol. The van der Waals surface area contributed by atoms with Crippen molar-refractivity contribution in [2.75, 3.05) is 6.61 Å². The van der Waals surface area contributed by atoms with E-state index in [-0.39, 0.29) is 18.7 Å². The van der Waals surface area contributed by atoms with Crippen LogP contribution in [-0.2, 0) is 0 Å². The molecule has 2 aromatic rings. The van der Waals surface area contributed by atoms with E-state index in [0.717, 1.165) is 5.56 Å². The first-order valence-corrected chi connectivity index (χ1v) is 7.11. The Morgan fingerprint density at radius 1 is 0.950 bits per heavy atom. The average Bonchev–Trinajstić information content (AvgIpc) is 2.48. The van der Waals surface area contributed by atoms with Gasteiger partial charge < -0.3 is 10.4 Å². The van der Waals surface area contributed by atoms with Crippen molar-refractivity contribution in [2.45, 2.75) is 32.9 Å². The second-order valence-corrected chi connectivity index (χ2v) is 5.38. The van der Waals surface area contributed by atoms with E-state index in [0.29, 0.717) is 0 Å². The lowest BCUT2D eigenvalue weighted by Crippen LogP contribution is -2.27. The number of hydrogen-bond donors (Lipinski definition) is 2. The van der Waals surface area contributed by atoms with Crippen LogP contribution in [0, 0.1) is 13.8 Å². The lowest BCUT2D eigenvalue weighted by atomic mass is 10.00. The highest BCUT2D eigenvalue weighted by atomic mass is 16.3. The summed E-state index contributed by atoms with van der Waals surface area (Å²) in [6, 6.07) is 16.8. The third-order valence-electron chi connectivity index (χ3n) is 3.87. The van der Waals surface area contributed by atoms with Crippen LogP contribution < -0.4 is 5.32 Å². The summed E-state index contributed by atoms with van der Waals surface area (Å²) in [5.41, 5.74) is 4.98. The summed E-state index contributed by atoms with van der Waals surface area (Å²) >= 11 is 0. The third kappa shape index (κ3) is 3.47. The average molecular weight is 269 g/mol. The monoisotopic (exact) mass is 269 g/mol. The highest BCUT2D eigenvalue weighted by Gasteiger charge is 2.14. The Balaban J connectivity index is 2.13. The molecule has 2 heteroatoms. The molecule has 0 bridgehead atoms. The van der Waals surface area contributed by atoms with Crippen molar-refractivity contribution < 1.29 is 5.11 Å². The van der Waals surface area contributed by atoms with Gasteiger partial charge in [0.15, 0.2) is 0 Å². The smallest absolute Gasteiger partial charge is 0.0626 e. The third-order valence-corrected chi connectivity index (χ3v) is 3.87. The van der Waals surface area contributed by atoms with E-state index in [4.69, 9.17) is 0 Å². The number of nitrogens with one attached hydrogen (secondary N) is 1. The van der Waals surface area contributed by atoms with Crippen LogP contribution >= 0.6 is 0 Å². The summed E-state index contributed by atoms with van der Waals surface area (Å²) in [6.07, 6.45) is 0. The molecular weight excluding hydrogens is 246 g/mol. The molecule has 2 N–H and O–H groups in total. The van der Waals surface area contributed by atoms with Crippen molar-refractivity contribution in [3.63, 3.8) is 0 Å². The first-order valence-electron chi connectivity index (χ1n) is 7.11. The summed E-state index contributed by atoms with van der Waals surface area (Å²) < 4.78 is 0. The Labute approximate surface area is 121 Å². The largest absolute Gasteiger partial charge is 0.394 e. The Hall–Kier alpha value is -1.64. The molecule has 0 aliphatic heterocycles. The fourth-order valence-corrected chi connectivity index (χ4v) is 2.37. The first kappa shape index (κ1) is 14.8. The van der Waals surface area contributed by atoms with Crippen molar-refractivity contribution in [1.82, 2.24) is 5.32 Å². The number of hydrogen-bond acceptors (Lipinski definition) is 2. The maximum Gasteiger partial charge on any atom is 0.0626 e. The van der Waals surface area contributed by atoms with Gasteiger partial charge in [0.05, 0.1) is 12.6 Å². The van der Waals surface area contributed by atoms with Crippen LogP contribution in [0.1, 0.15) is 41.3 Å². The van der Waals surface area contributed by atoms with Gasteiger partial charge in [0.2, 0.25) is 0 Å². The summed E-state index contributed by atoms with van der Waals surface area (Å²) in [4.78, 5) is 0. The Bertz CT molecular complexity index is 551. The summed E-state index contributed by atoms with van der Waals surface area (Å²) in [7, 11) is 0. The van der Waals surface area contributed by atoms with E-state index in [9.17, 15) is 5.11 Å². The van der Waals surface area contributed by atoms with Crippen molar-refractivity contribution in [3.8, 4) is 0 Å². The van der Waals surface area contributed by atoms with E-state index < -0.39 is 0 Å². The Morgan fingerprint density at radius 2 is 1.65 bits per heavy atom. The molecule has 0 aromatic heterocycles. The molecule has 0 radical (unpaired) electrons. The first-order chi connectivity index (χ1) is 9.61. The van der Waals surface area contributed by atoms with E-state index in [1.807, 2.05) is 30.3 Å². The fourth-order valence-electron chi connectivity index (χ4n) is 2.37. The molecule has 20 heavy (non-hydrogen) atoms. The zero-order chi connectivity index (χ0) is 14.5. The van der Waals surface area contributed by atoms with E-state index in [1.165, 1.54) is 16.7 Å². The van der Waals surface area contributed by atoms with Crippen LogP contribution in [0.15, 0.2) is 48.5 Å². The van der Waals surface area contributed by atoms with Gasteiger partial charge in [0, 0.05) is 6.04 Å². The van der Waals surface area contributed by atoms with Crippen molar-refractivity contribution in [1.29, 1.82) is 0 Å².